The number of hydrogen-bond acceptors (Lipinski definition) is 3. The van der Waals surface area contributed by atoms with Gasteiger partial charge in [0.1, 0.15) is 6.04 Å². The molecule has 0 saturated carbocycles. The number of nitrogens with one attached hydrogen (secondary N) is 2. The summed E-state index contributed by atoms with van der Waals surface area (Å²) in [6.45, 7) is 0. The van der Waals surface area contributed by atoms with Crippen LogP contribution in [0.5, 0.6) is 0 Å². The maximum Gasteiger partial charge on any atom is 0.242 e. The number of carbonyl (C=O) groups excluding carboxylic acids is 1. The number of anilines is 1. The van der Waals surface area contributed by atoms with Crippen molar-refractivity contribution in [2.75, 3.05) is 5.32 Å². The molecule has 0 saturated heterocycles. The lowest BCUT2D eigenvalue weighted by Crippen LogP contribution is -2.45. The van der Waals surface area contributed by atoms with Gasteiger partial charge in [-0.3, -0.25) is 4.79 Å². The number of amides is 1. The summed E-state index contributed by atoms with van der Waals surface area (Å²) in [5.41, 5.74) is 1.47. The van der Waals surface area contributed by atoms with Crippen molar-refractivity contribution < 1.29 is 13.2 Å². The Morgan fingerprint density at radius 1 is 0.778 bits per heavy atom. The highest BCUT2D eigenvalue weighted by Crippen LogP contribution is 2.13. The van der Waals surface area contributed by atoms with E-state index in [-0.39, 0.29) is 11.3 Å². The van der Waals surface area contributed by atoms with Crippen molar-refractivity contribution in [3.05, 3.63) is 96.6 Å². The Bertz CT molecular complexity index is 976. The second-order valence-electron chi connectivity index (χ2n) is 6.03. The predicted molar refractivity (Wildman–Crippen MR) is 106 cm³/mol. The first-order valence-electron chi connectivity index (χ1n) is 8.52. The van der Waals surface area contributed by atoms with Gasteiger partial charge >= 0.3 is 0 Å². The SMILES string of the molecule is O=C(Nc1ccccc1)[C@@H](Cc1ccccc1)NS(=O)(=O)c1ccccc1. The van der Waals surface area contributed by atoms with Crippen LogP contribution < -0.4 is 10.0 Å². The molecule has 1 amide bonds. The quantitative estimate of drug-likeness (QED) is 0.661. The van der Waals surface area contributed by atoms with Gasteiger partial charge in [-0.15, -0.1) is 0 Å². The van der Waals surface area contributed by atoms with E-state index in [9.17, 15) is 13.2 Å². The summed E-state index contributed by atoms with van der Waals surface area (Å²) < 4.78 is 27.9. The van der Waals surface area contributed by atoms with Crippen molar-refractivity contribution in [3.63, 3.8) is 0 Å². The fourth-order valence-electron chi connectivity index (χ4n) is 2.64. The molecule has 0 bridgehead atoms. The Balaban J connectivity index is 1.84. The first-order chi connectivity index (χ1) is 13.0. The van der Waals surface area contributed by atoms with E-state index in [0.29, 0.717) is 5.69 Å². The lowest BCUT2D eigenvalue weighted by atomic mass is 10.1. The molecule has 0 aromatic heterocycles. The molecule has 27 heavy (non-hydrogen) atoms. The molecular formula is C21H20N2O3S. The topological polar surface area (TPSA) is 75.3 Å². The van der Waals surface area contributed by atoms with Crippen LogP contribution in [0.25, 0.3) is 0 Å². The van der Waals surface area contributed by atoms with Crippen molar-refractivity contribution in [1.29, 1.82) is 0 Å². The summed E-state index contributed by atoms with van der Waals surface area (Å²) in [4.78, 5) is 12.9. The number of hydrogen-bond donors (Lipinski definition) is 2. The van der Waals surface area contributed by atoms with Crippen LogP contribution in [0, 0.1) is 0 Å². The van der Waals surface area contributed by atoms with E-state index in [1.165, 1.54) is 12.1 Å². The van der Waals surface area contributed by atoms with Crippen LogP contribution in [0.15, 0.2) is 95.9 Å². The molecule has 0 aliphatic rings. The fraction of sp³-hybridized carbons (Fsp3) is 0.0952. The van der Waals surface area contributed by atoms with Gasteiger partial charge in [0.15, 0.2) is 0 Å². The largest absolute Gasteiger partial charge is 0.325 e. The first kappa shape index (κ1) is 18.8. The molecule has 6 heteroatoms. The van der Waals surface area contributed by atoms with Crippen molar-refractivity contribution in [2.24, 2.45) is 0 Å². The van der Waals surface area contributed by atoms with Gasteiger partial charge in [-0.2, -0.15) is 4.72 Å². The van der Waals surface area contributed by atoms with E-state index in [1.54, 1.807) is 42.5 Å². The van der Waals surface area contributed by atoms with Gasteiger partial charge in [0.25, 0.3) is 0 Å². The van der Waals surface area contributed by atoms with Crippen LogP contribution in [-0.2, 0) is 21.2 Å². The first-order valence-corrected chi connectivity index (χ1v) is 10.0. The molecule has 0 aliphatic carbocycles. The standard InChI is InChI=1S/C21H20N2O3S/c24-21(22-18-12-6-2-7-13-18)20(16-17-10-4-1-5-11-17)23-27(25,26)19-14-8-3-9-15-19/h1-15,20,23H,16H2,(H,22,24)/t20-/m1/s1. The summed E-state index contributed by atoms with van der Waals surface area (Å²) in [7, 11) is -3.83. The third-order valence-corrected chi connectivity index (χ3v) is 5.48. The van der Waals surface area contributed by atoms with Crippen LogP contribution in [0.2, 0.25) is 0 Å². The van der Waals surface area contributed by atoms with Gasteiger partial charge in [-0.1, -0.05) is 66.7 Å². The number of rotatable bonds is 7. The average Bonchev–Trinajstić information content (AvgIpc) is 2.69. The van der Waals surface area contributed by atoms with Crippen LogP contribution in [0.1, 0.15) is 5.56 Å². The van der Waals surface area contributed by atoms with Crippen molar-refractivity contribution >= 4 is 21.6 Å². The van der Waals surface area contributed by atoms with Crippen LogP contribution in [0.4, 0.5) is 5.69 Å². The molecule has 3 aromatic rings. The van der Waals surface area contributed by atoms with Crippen molar-refractivity contribution in [1.82, 2.24) is 4.72 Å². The Kier molecular flexibility index (Phi) is 6.01. The Hall–Kier alpha value is -2.96. The third kappa shape index (κ3) is 5.26. The van der Waals surface area contributed by atoms with E-state index in [4.69, 9.17) is 0 Å². The zero-order chi connectivity index (χ0) is 19.1. The molecule has 0 unspecified atom stereocenters. The minimum Gasteiger partial charge on any atom is -0.325 e. The molecule has 1 atom stereocenters. The smallest absolute Gasteiger partial charge is 0.242 e. The molecule has 5 nitrogen and oxygen atoms in total. The molecule has 2 N–H and O–H groups in total. The van der Waals surface area contributed by atoms with Crippen molar-refractivity contribution in [2.45, 2.75) is 17.4 Å². The van der Waals surface area contributed by atoms with E-state index in [1.807, 2.05) is 36.4 Å². The zero-order valence-electron chi connectivity index (χ0n) is 14.6. The number of benzene rings is 3. The van der Waals surface area contributed by atoms with Crippen molar-refractivity contribution in [3.8, 4) is 0 Å². The second kappa shape index (κ2) is 8.62. The summed E-state index contributed by atoms with van der Waals surface area (Å²) >= 11 is 0. The fourth-order valence-corrected chi connectivity index (χ4v) is 3.86. The number of sulfonamides is 1. The lowest BCUT2D eigenvalue weighted by Gasteiger charge is -2.19. The number of carbonyl (C=O) groups is 1. The molecule has 0 aliphatic heterocycles. The van der Waals surface area contributed by atoms with E-state index < -0.39 is 22.0 Å². The average molecular weight is 380 g/mol. The molecule has 3 rings (SSSR count). The predicted octanol–water partition coefficient (Wildman–Crippen LogP) is 3.21. The zero-order valence-corrected chi connectivity index (χ0v) is 15.4. The van der Waals surface area contributed by atoms with Crippen LogP contribution in [0.3, 0.4) is 0 Å². The molecule has 0 radical (unpaired) electrons. The summed E-state index contributed by atoms with van der Waals surface area (Å²) in [6, 6.07) is 25.3. The molecular weight excluding hydrogens is 360 g/mol. The van der Waals surface area contributed by atoms with Gasteiger partial charge in [0, 0.05) is 5.69 Å². The van der Waals surface area contributed by atoms with Gasteiger partial charge in [0.2, 0.25) is 15.9 Å². The summed E-state index contributed by atoms with van der Waals surface area (Å²) in [5, 5.41) is 2.77. The minimum atomic E-state index is -3.83. The maximum atomic E-state index is 12.8. The highest BCUT2D eigenvalue weighted by molar-refractivity contribution is 7.89. The minimum absolute atomic E-state index is 0.121. The summed E-state index contributed by atoms with van der Waals surface area (Å²) in [5.74, 6) is -0.412. The van der Waals surface area contributed by atoms with Gasteiger partial charge in [-0.05, 0) is 36.2 Å². The summed E-state index contributed by atoms with van der Waals surface area (Å²) in [6.07, 6.45) is 0.242. The third-order valence-electron chi connectivity index (χ3n) is 3.99. The van der Waals surface area contributed by atoms with Crippen LogP contribution in [-0.4, -0.2) is 20.4 Å². The molecule has 0 spiro atoms. The Morgan fingerprint density at radius 2 is 1.30 bits per heavy atom. The molecule has 0 heterocycles. The molecule has 138 valence electrons. The molecule has 3 aromatic carbocycles. The van der Waals surface area contributed by atoms with Gasteiger partial charge in [0.05, 0.1) is 4.90 Å². The monoisotopic (exact) mass is 380 g/mol. The van der Waals surface area contributed by atoms with Gasteiger partial charge in [-0.25, -0.2) is 8.42 Å². The Labute approximate surface area is 159 Å². The highest BCUT2D eigenvalue weighted by atomic mass is 32.2. The van der Waals surface area contributed by atoms with E-state index >= 15 is 0 Å². The lowest BCUT2D eigenvalue weighted by molar-refractivity contribution is -0.117. The number of para-hydroxylation sites is 1. The van der Waals surface area contributed by atoms with E-state index in [2.05, 4.69) is 10.0 Å². The highest BCUT2D eigenvalue weighted by Gasteiger charge is 2.26. The van der Waals surface area contributed by atoms with E-state index in [0.717, 1.165) is 5.56 Å². The maximum absolute atomic E-state index is 12.8. The van der Waals surface area contributed by atoms with Crippen LogP contribution >= 0.6 is 0 Å². The second-order valence-corrected chi connectivity index (χ2v) is 7.75. The van der Waals surface area contributed by atoms with Gasteiger partial charge < -0.3 is 5.32 Å². The molecule has 0 fully saturated rings. The Morgan fingerprint density at radius 3 is 1.89 bits per heavy atom. The normalized spacial score (nSPS) is 12.3.